The number of aliphatic hydroxyl groups is 1. The highest BCUT2D eigenvalue weighted by molar-refractivity contribution is 5.91. The maximum Gasteiger partial charge on any atom is 0.289 e. The van der Waals surface area contributed by atoms with Crippen LogP contribution in [0.1, 0.15) is 40.3 Å². The van der Waals surface area contributed by atoms with Crippen LogP contribution in [0.3, 0.4) is 0 Å². The Kier molecular flexibility index (Phi) is 4.09. The lowest BCUT2D eigenvalue weighted by atomic mass is 9.72. The average Bonchev–Trinajstić information content (AvgIpc) is 3.45. The molecule has 1 aromatic carbocycles. The molecule has 28 heavy (non-hydrogen) atoms. The maximum atomic E-state index is 12.9. The van der Waals surface area contributed by atoms with Crippen LogP contribution in [0.5, 0.6) is 0 Å². The summed E-state index contributed by atoms with van der Waals surface area (Å²) in [6.45, 7) is 1.76. The highest BCUT2D eigenvalue weighted by atomic mass is 16.4. The Labute approximate surface area is 163 Å². The molecule has 144 valence electrons. The molecule has 1 spiro atoms. The first kappa shape index (κ1) is 17.3. The van der Waals surface area contributed by atoms with E-state index in [0.29, 0.717) is 37.6 Å². The van der Waals surface area contributed by atoms with Crippen molar-refractivity contribution in [3.63, 3.8) is 0 Å². The Morgan fingerprint density at radius 1 is 1.18 bits per heavy atom. The molecule has 1 amide bonds. The lowest BCUT2D eigenvalue weighted by molar-refractivity contribution is 0.0348. The molecule has 1 saturated heterocycles. The summed E-state index contributed by atoms with van der Waals surface area (Å²) in [6, 6.07) is 13.7. The summed E-state index contributed by atoms with van der Waals surface area (Å²) in [4.78, 5) is 14.7. The molecule has 6 nitrogen and oxygen atoms in total. The van der Waals surface area contributed by atoms with E-state index in [1.807, 2.05) is 35.4 Å². The maximum absolute atomic E-state index is 12.9. The van der Waals surface area contributed by atoms with E-state index in [9.17, 15) is 9.90 Å². The molecule has 5 rings (SSSR count). The highest BCUT2D eigenvalue weighted by Crippen LogP contribution is 2.46. The molecule has 3 aromatic rings. The second-order valence-electron chi connectivity index (χ2n) is 7.80. The lowest BCUT2D eigenvalue weighted by Crippen LogP contribution is -2.49. The number of fused-ring (bicyclic) bond motifs is 2. The van der Waals surface area contributed by atoms with Gasteiger partial charge in [-0.15, -0.1) is 0 Å². The SMILES string of the molecule is O=C(c1ccc(Cn2cccn2)o1)N1CCC2(CC1)c1ccccc1C[C@H]2O. The van der Waals surface area contributed by atoms with Crippen molar-refractivity contribution in [3.05, 3.63) is 77.5 Å². The quantitative estimate of drug-likeness (QED) is 0.762. The molecule has 1 aliphatic heterocycles. The summed E-state index contributed by atoms with van der Waals surface area (Å²) in [5.41, 5.74) is 2.28. The van der Waals surface area contributed by atoms with Gasteiger partial charge < -0.3 is 14.4 Å². The number of piperidine rings is 1. The Balaban J connectivity index is 1.28. The van der Waals surface area contributed by atoms with Crippen LogP contribution in [0.15, 0.2) is 59.3 Å². The first-order valence-electron chi connectivity index (χ1n) is 9.78. The average molecular weight is 377 g/mol. The molecule has 0 unspecified atom stereocenters. The van der Waals surface area contributed by atoms with Gasteiger partial charge in [0.2, 0.25) is 0 Å². The summed E-state index contributed by atoms with van der Waals surface area (Å²) in [5, 5.41) is 14.9. The monoisotopic (exact) mass is 377 g/mol. The van der Waals surface area contributed by atoms with Gasteiger partial charge in [-0.05, 0) is 48.6 Å². The summed E-state index contributed by atoms with van der Waals surface area (Å²) >= 11 is 0. The van der Waals surface area contributed by atoms with Crippen molar-refractivity contribution in [2.24, 2.45) is 0 Å². The number of rotatable bonds is 3. The van der Waals surface area contributed by atoms with Crippen molar-refractivity contribution in [3.8, 4) is 0 Å². The summed E-state index contributed by atoms with van der Waals surface area (Å²) in [5.74, 6) is 0.994. The second kappa shape index (κ2) is 6.63. The van der Waals surface area contributed by atoms with Crippen molar-refractivity contribution in [1.29, 1.82) is 0 Å². The van der Waals surface area contributed by atoms with Crippen LogP contribution in [-0.2, 0) is 18.4 Å². The van der Waals surface area contributed by atoms with Crippen molar-refractivity contribution in [2.45, 2.75) is 37.3 Å². The van der Waals surface area contributed by atoms with Crippen LogP contribution in [0.25, 0.3) is 0 Å². The third kappa shape index (κ3) is 2.76. The molecular weight excluding hydrogens is 354 g/mol. The van der Waals surface area contributed by atoms with Crippen molar-refractivity contribution in [1.82, 2.24) is 14.7 Å². The number of hydrogen-bond acceptors (Lipinski definition) is 4. The van der Waals surface area contributed by atoms with Gasteiger partial charge in [-0.25, -0.2) is 0 Å². The Morgan fingerprint density at radius 3 is 2.79 bits per heavy atom. The van der Waals surface area contributed by atoms with Gasteiger partial charge >= 0.3 is 0 Å². The van der Waals surface area contributed by atoms with E-state index in [0.717, 1.165) is 12.8 Å². The fourth-order valence-electron chi connectivity index (χ4n) is 4.77. The van der Waals surface area contributed by atoms with Gasteiger partial charge in [-0.3, -0.25) is 9.48 Å². The number of aromatic nitrogens is 2. The zero-order chi connectivity index (χ0) is 19.1. The van der Waals surface area contributed by atoms with E-state index >= 15 is 0 Å². The molecule has 6 heteroatoms. The normalized spacial score (nSPS) is 20.5. The Bertz CT molecular complexity index is 984. The molecule has 1 fully saturated rings. The van der Waals surface area contributed by atoms with Gasteiger partial charge in [0, 0.05) is 30.9 Å². The van der Waals surface area contributed by atoms with Crippen molar-refractivity contribution < 1.29 is 14.3 Å². The van der Waals surface area contributed by atoms with E-state index in [1.54, 1.807) is 16.9 Å². The molecule has 3 heterocycles. The minimum absolute atomic E-state index is 0.0812. The first-order chi connectivity index (χ1) is 13.7. The van der Waals surface area contributed by atoms with Crippen LogP contribution in [0.4, 0.5) is 0 Å². The van der Waals surface area contributed by atoms with Crippen molar-refractivity contribution >= 4 is 5.91 Å². The highest BCUT2D eigenvalue weighted by Gasteiger charge is 2.48. The van der Waals surface area contributed by atoms with E-state index in [4.69, 9.17) is 4.42 Å². The van der Waals surface area contributed by atoms with Gasteiger partial charge in [0.25, 0.3) is 5.91 Å². The van der Waals surface area contributed by atoms with Gasteiger partial charge in [0.1, 0.15) is 5.76 Å². The van der Waals surface area contributed by atoms with Gasteiger partial charge in [-0.1, -0.05) is 24.3 Å². The summed E-state index contributed by atoms with van der Waals surface area (Å²) < 4.78 is 7.53. The zero-order valence-electron chi connectivity index (χ0n) is 15.6. The number of hydrogen-bond donors (Lipinski definition) is 1. The summed E-state index contributed by atoms with van der Waals surface area (Å²) in [6.07, 6.45) is 5.47. The predicted molar refractivity (Wildman–Crippen MR) is 103 cm³/mol. The molecule has 0 radical (unpaired) electrons. The summed E-state index contributed by atoms with van der Waals surface area (Å²) in [7, 11) is 0. The lowest BCUT2D eigenvalue weighted by Gasteiger charge is -2.42. The molecule has 1 atom stereocenters. The number of aliphatic hydroxyl groups excluding tert-OH is 1. The minimum Gasteiger partial charge on any atom is -0.454 e. The number of carbonyl (C=O) groups is 1. The third-order valence-corrected chi connectivity index (χ3v) is 6.30. The number of amides is 1. The number of nitrogens with zero attached hydrogens (tertiary/aromatic N) is 3. The van der Waals surface area contributed by atoms with E-state index in [-0.39, 0.29) is 17.4 Å². The molecule has 2 aromatic heterocycles. The van der Waals surface area contributed by atoms with Crippen molar-refractivity contribution in [2.75, 3.05) is 13.1 Å². The van der Waals surface area contributed by atoms with E-state index in [2.05, 4.69) is 17.2 Å². The van der Waals surface area contributed by atoms with Crippen LogP contribution in [0, 0.1) is 0 Å². The predicted octanol–water partition coefficient (Wildman–Crippen LogP) is 2.62. The third-order valence-electron chi connectivity index (χ3n) is 6.30. The van der Waals surface area contributed by atoms with Gasteiger partial charge in [0.05, 0.1) is 12.6 Å². The number of furan rings is 1. The van der Waals surface area contributed by atoms with Gasteiger partial charge in [0.15, 0.2) is 5.76 Å². The Morgan fingerprint density at radius 2 is 2.00 bits per heavy atom. The Hall–Kier alpha value is -2.86. The first-order valence-corrected chi connectivity index (χ1v) is 9.78. The van der Waals surface area contributed by atoms with Gasteiger partial charge in [-0.2, -0.15) is 5.10 Å². The van der Waals surface area contributed by atoms with Crippen LogP contribution in [-0.4, -0.2) is 44.9 Å². The fraction of sp³-hybridized carbons (Fsp3) is 0.364. The van der Waals surface area contributed by atoms with Crippen LogP contribution >= 0.6 is 0 Å². The molecule has 2 aliphatic rings. The minimum atomic E-state index is -0.369. The van der Waals surface area contributed by atoms with E-state index < -0.39 is 0 Å². The largest absolute Gasteiger partial charge is 0.454 e. The molecule has 1 aliphatic carbocycles. The molecule has 0 bridgehead atoms. The molecule has 0 saturated carbocycles. The fourth-order valence-corrected chi connectivity index (χ4v) is 4.77. The molecule has 1 N–H and O–H groups in total. The number of benzene rings is 1. The number of carbonyl (C=O) groups excluding carboxylic acids is 1. The standard InChI is InChI=1S/C22H23N3O3/c26-20-14-16-4-1-2-5-18(16)22(20)8-12-24(13-9-22)21(27)19-7-6-17(28-19)15-25-11-3-10-23-25/h1-7,10-11,20,26H,8-9,12-15H2/t20-/m1/s1. The van der Waals surface area contributed by atoms with Crippen LogP contribution < -0.4 is 0 Å². The topological polar surface area (TPSA) is 71.5 Å². The smallest absolute Gasteiger partial charge is 0.289 e. The molecular formula is C22H23N3O3. The number of likely N-dealkylation sites (tertiary alicyclic amines) is 1. The zero-order valence-corrected chi connectivity index (χ0v) is 15.6. The van der Waals surface area contributed by atoms with E-state index in [1.165, 1.54) is 11.1 Å². The second-order valence-corrected chi connectivity index (χ2v) is 7.80. The van der Waals surface area contributed by atoms with Crippen LogP contribution in [0.2, 0.25) is 0 Å².